The van der Waals surface area contributed by atoms with Crippen LogP contribution in [-0.4, -0.2) is 55.4 Å². The lowest BCUT2D eigenvalue weighted by Gasteiger charge is -2.58. The first-order valence-electron chi connectivity index (χ1n) is 12.8. The Balaban J connectivity index is 1.56. The molecule has 188 valence electrons. The third kappa shape index (κ3) is 2.72. The molecule has 0 amide bonds. The van der Waals surface area contributed by atoms with E-state index in [9.17, 15) is 19.5 Å². The highest BCUT2D eigenvalue weighted by Crippen LogP contribution is 2.82. The highest BCUT2D eigenvalue weighted by Gasteiger charge is 2.84. The average Bonchev–Trinajstić information content (AvgIpc) is 3.35. The molecule has 7 unspecified atom stereocenters. The molecule has 10 atom stereocenters. The van der Waals surface area contributed by atoms with E-state index in [0.717, 1.165) is 31.1 Å². The number of fused-ring (bicyclic) bond motifs is 2. The van der Waals surface area contributed by atoms with Crippen molar-refractivity contribution in [2.45, 2.75) is 78.3 Å². The van der Waals surface area contributed by atoms with Gasteiger partial charge in [-0.1, -0.05) is 38.8 Å². The molecule has 4 bridgehead atoms. The van der Waals surface area contributed by atoms with Crippen molar-refractivity contribution in [2.75, 3.05) is 13.7 Å². The zero-order valence-electron chi connectivity index (χ0n) is 20.9. The van der Waals surface area contributed by atoms with Crippen LogP contribution in [-0.2, 0) is 28.6 Å². The van der Waals surface area contributed by atoms with Crippen molar-refractivity contribution in [2.24, 2.45) is 45.8 Å². The van der Waals surface area contributed by atoms with Crippen LogP contribution in [0.15, 0.2) is 11.6 Å². The summed E-state index contributed by atoms with van der Waals surface area (Å²) in [5.74, 6) is -0.136. The smallest absolute Gasteiger partial charge is 0.315 e. The van der Waals surface area contributed by atoms with Crippen molar-refractivity contribution in [3.05, 3.63) is 11.6 Å². The molecule has 0 radical (unpaired) electrons. The second-order valence-corrected chi connectivity index (χ2v) is 11.9. The maximum absolute atomic E-state index is 13.4. The van der Waals surface area contributed by atoms with Crippen LogP contribution in [0.25, 0.3) is 0 Å². The zero-order valence-corrected chi connectivity index (χ0v) is 20.9. The molecule has 4 fully saturated rings. The van der Waals surface area contributed by atoms with Crippen LogP contribution < -0.4 is 0 Å². The van der Waals surface area contributed by atoms with Gasteiger partial charge in [0.15, 0.2) is 12.1 Å². The first-order valence-corrected chi connectivity index (χ1v) is 12.8. The highest BCUT2D eigenvalue weighted by atomic mass is 16.7. The molecular weight excluding hydrogens is 436 g/mol. The van der Waals surface area contributed by atoms with Gasteiger partial charge in [-0.25, -0.2) is 0 Å². The van der Waals surface area contributed by atoms with Gasteiger partial charge in [-0.15, -0.1) is 0 Å². The molecule has 1 N–H and O–H groups in total. The Morgan fingerprint density at radius 3 is 2.62 bits per heavy atom. The molecule has 3 saturated carbocycles. The zero-order chi connectivity index (χ0) is 24.6. The number of carbonyl (C=O) groups excluding carboxylic acids is 2. The van der Waals surface area contributed by atoms with E-state index in [4.69, 9.17) is 14.2 Å². The van der Waals surface area contributed by atoms with Gasteiger partial charge in [-0.3, -0.25) is 9.59 Å². The number of methoxy groups -OCH3 is 1. The van der Waals surface area contributed by atoms with Crippen LogP contribution >= 0.6 is 0 Å². The Hall–Kier alpha value is -1.57. The fourth-order valence-electron chi connectivity index (χ4n) is 9.20. The first-order chi connectivity index (χ1) is 16.1. The summed E-state index contributed by atoms with van der Waals surface area (Å²) in [7, 11) is 1.49. The summed E-state index contributed by atoms with van der Waals surface area (Å²) in [4.78, 5) is 39.0. The Kier molecular flexibility index (Phi) is 5.66. The summed E-state index contributed by atoms with van der Waals surface area (Å²) < 4.78 is 17.6. The van der Waals surface area contributed by atoms with Gasteiger partial charge >= 0.3 is 5.97 Å². The third-order valence-corrected chi connectivity index (χ3v) is 10.4. The number of hydrogen-bond acceptors (Lipinski definition) is 6. The van der Waals surface area contributed by atoms with E-state index in [0.29, 0.717) is 18.3 Å². The topological polar surface area (TPSA) is 99.1 Å². The quantitative estimate of drug-likeness (QED) is 0.444. The summed E-state index contributed by atoms with van der Waals surface area (Å²) in [6.45, 7) is 8.27. The number of ketones is 1. The van der Waals surface area contributed by atoms with Crippen molar-refractivity contribution in [1.29, 1.82) is 0 Å². The maximum atomic E-state index is 13.4. The number of allylic oxidation sites excluding steroid dienone is 1. The number of carbonyl (C=O) groups is 3. The van der Waals surface area contributed by atoms with E-state index < -0.39 is 40.7 Å². The molecule has 1 aliphatic heterocycles. The van der Waals surface area contributed by atoms with Gasteiger partial charge in [0.2, 0.25) is 0 Å². The fourth-order valence-corrected chi connectivity index (χ4v) is 9.20. The Morgan fingerprint density at radius 2 is 2.03 bits per heavy atom. The fraction of sp³-hybridized carbons (Fsp3) is 0.815. The molecule has 0 aromatic rings. The van der Waals surface area contributed by atoms with Gasteiger partial charge < -0.3 is 24.1 Å². The summed E-state index contributed by atoms with van der Waals surface area (Å²) in [6.07, 6.45) is 4.71. The molecule has 1 heterocycles. The van der Waals surface area contributed by atoms with Gasteiger partial charge in [-0.2, -0.15) is 0 Å². The minimum atomic E-state index is -1.27. The SMILES string of the molecule is CO[C@H]1C(=O)C[C@H](OCC23CC4C(C)CCC4C4(C=O)CC2C=C(C(C)C)C43C(=O)O)O[C@@H]1C. The van der Waals surface area contributed by atoms with Crippen molar-refractivity contribution < 1.29 is 33.7 Å². The van der Waals surface area contributed by atoms with E-state index in [-0.39, 0.29) is 36.6 Å². The minimum absolute atomic E-state index is 0.0190. The van der Waals surface area contributed by atoms with Crippen LogP contribution in [0.5, 0.6) is 0 Å². The van der Waals surface area contributed by atoms with E-state index in [1.54, 1.807) is 6.92 Å². The van der Waals surface area contributed by atoms with Crippen LogP contribution in [0.3, 0.4) is 0 Å². The van der Waals surface area contributed by atoms with E-state index >= 15 is 0 Å². The molecule has 0 aromatic heterocycles. The molecule has 0 aromatic carbocycles. The van der Waals surface area contributed by atoms with Gasteiger partial charge in [0.25, 0.3) is 0 Å². The minimum Gasteiger partial charge on any atom is -0.481 e. The van der Waals surface area contributed by atoms with E-state index in [2.05, 4.69) is 13.0 Å². The van der Waals surface area contributed by atoms with E-state index in [1.165, 1.54) is 7.11 Å². The maximum Gasteiger partial charge on any atom is 0.315 e. The lowest BCUT2D eigenvalue weighted by Crippen LogP contribution is -2.63. The predicted octanol–water partition coefficient (Wildman–Crippen LogP) is 3.65. The van der Waals surface area contributed by atoms with Gasteiger partial charge in [-0.05, 0) is 55.8 Å². The molecule has 7 heteroatoms. The normalized spacial score (nSPS) is 49.3. The molecule has 34 heavy (non-hydrogen) atoms. The van der Waals surface area contributed by atoms with Gasteiger partial charge in [0, 0.05) is 12.5 Å². The first kappa shape index (κ1) is 24.1. The predicted molar refractivity (Wildman–Crippen MR) is 123 cm³/mol. The summed E-state index contributed by atoms with van der Waals surface area (Å²) in [6, 6.07) is 0. The van der Waals surface area contributed by atoms with Crippen LogP contribution in [0.4, 0.5) is 0 Å². The largest absolute Gasteiger partial charge is 0.481 e. The molecule has 1 saturated heterocycles. The van der Waals surface area contributed by atoms with E-state index in [1.807, 2.05) is 13.8 Å². The van der Waals surface area contributed by atoms with Crippen LogP contribution in [0.2, 0.25) is 0 Å². The number of rotatable bonds is 7. The second-order valence-electron chi connectivity index (χ2n) is 11.9. The molecule has 7 nitrogen and oxygen atoms in total. The van der Waals surface area contributed by atoms with Gasteiger partial charge in [0.1, 0.15) is 17.8 Å². The highest BCUT2D eigenvalue weighted by molar-refractivity contribution is 5.90. The van der Waals surface area contributed by atoms with Gasteiger partial charge in [0.05, 0.1) is 24.5 Å². The average molecular weight is 475 g/mol. The van der Waals surface area contributed by atoms with Crippen molar-refractivity contribution >= 4 is 18.0 Å². The number of aldehydes is 1. The standard InChI is InChI=1S/C27H38O7/c1-14(2)20-8-17-10-25(12-28)19-7-6-15(3)18(19)11-26(17,27(20,25)24(30)31)13-33-22-9-21(29)23(32-5)16(4)34-22/h8,12,14-19,22-23H,6-7,9-11,13H2,1-5H3,(H,30,31)/t15?,16-,17?,18?,19?,22-,23-,25?,26?,27?/m1/s1. The van der Waals surface area contributed by atoms with Crippen molar-refractivity contribution in [3.63, 3.8) is 0 Å². The molecule has 5 rings (SSSR count). The van der Waals surface area contributed by atoms with Crippen molar-refractivity contribution in [1.82, 2.24) is 0 Å². The number of carboxylic acid groups (broad SMARTS) is 1. The lowest BCUT2D eigenvalue weighted by atomic mass is 9.43. The molecular formula is C27H38O7. The lowest BCUT2D eigenvalue weighted by molar-refractivity contribution is -0.238. The number of hydrogen-bond donors (Lipinski definition) is 1. The van der Waals surface area contributed by atoms with Crippen LogP contribution in [0.1, 0.15) is 59.8 Å². The second kappa shape index (κ2) is 7.97. The Morgan fingerprint density at radius 1 is 1.29 bits per heavy atom. The number of ether oxygens (including phenoxy) is 3. The monoisotopic (exact) mass is 474 g/mol. The summed E-state index contributed by atoms with van der Waals surface area (Å²) >= 11 is 0. The number of aliphatic carboxylic acids is 1. The third-order valence-electron chi connectivity index (χ3n) is 10.4. The molecule has 4 aliphatic carbocycles. The van der Waals surface area contributed by atoms with Crippen LogP contribution in [0, 0.1) is 45.8 Å². The summed E-state index contributed by atoms with van der Waals surface area (Å²) in [5, 5.41) is 11.0. The molecule has 0 spiro atoms. The van der Waals surface area contributed by atoms with Crippen molar-refractivity contribution in [3.8, 4) is 0 Å². The number of Topliss-reactive ketones (excluding diaryl/α,β-unsaturated/α-hetero) is 1. The summed E-state index contributed by atoms with van der Waals surface area (Å²) in [5.41, 5.74) is -2.01. The number of carboxylic acids is 1. The Labute approximate surface area is 201 Å². The molecule has 5 aliphatic rings. The Bertz CT molecular complexity index is 926.